The summed E-state index contributed by atoms with van der Waals surface area (Å²) in [6, 6.07) is 4.47. The highest BCUT2D eigenvalue weighted by Gasteiger charge is 2.09. The monoisotopic (exact) mass is 221 g/mol. The molecule has 6 heteroatoms. The molecule has 1 aromatic heterocycles. The highest BCUT2D eigenvalue weighted by Crippen LogP contribution is 2.16. The summed E-state index contributed by atoms with van der Waals surface area (Å²) in [5.74, 6) is 5.65. The van der Waals surface area contributed by atoms with Crippen molar-refractivity contribution in [1.82, 2.24) is 20.2 Å². The van der Waals surface area contributed by atoms with Crippen molar-refractivity contribution in [2.45, 2.75) is 13.5 Å². The molecule has 0 aliphatic rings. The lowest BCUT2D eigenvalue weighted by molar-refractivity contribution is 0.621. The summed E-state index contributed by atoms with van der Waals surface area (Å²) >= 11 is 0. The van der Waals surface area contributed by atoms with Crippen LogP contribution in [0.15, 0.2) is 24.5 Å². The van der Waals surface area contributed by atoms with E-state index >= 15 is 0 Å². The Morgan fingerprint density at radius 1 is 1.50 bits per heavy atom. The number of benzene rings is 1. The standard InChI is InChI=1S/C10H12FN5/c1-7-13-6-15-16(7)10-4-9(11)3-2-8(10)5-14-12/h2-4,6,14H,5,12H2,1H3. The van der Waals surface area contributed by atoms with Crippen LogP contribution in [0, 0.1) is 12.7 Å². The normalized spacial score (nSPS) is 10.7. The van der Waals surface area contributed by atoms with Crippen molar-refractivity contribution in [2.75, 3.05) is 0 Å². The van der Waals surface area contributed by atoms with Crippen molar-refractivity contribution in [3.63, 3.8) is 0 Å². The van der Waals surface area contributed by atoms with Crippen molar-refractivity contribution in [3.8, 4) is 5.69 Å². The van der Waals surface area contributed by atoms with E-state index in [1.54, 1.807) is 17.7 Å². The zero-order valence-corrected chi connectivity index (χ0v) is 8.81. The maximum atomic E-state index is 13.2. The van der Waals surface area contributed by atoms with Crippen LogP contribution in [0.3, 0.4) is 0 Å². The van der Waals surface area contributed by atoms with Gasteiger partial charge in [-0.05, 0) is 24.6 Å². The van der Waals surface area contributed by atoms with Crippen LogP contribution in [-0.4, -0.2) is 14.8 Å². The Kier molecular flexibility index (Phi) is 2.93. The highest BCUT2D eigenvalue weighted by atomic mass is 19.1. The minimum absolute atomic E-state index is 0.314. The number of hydrogen-bond acceptors (Lipinski definition) is 4. The molecule has 0 aliphatic heterocycles. The average Bonchev–Trinajstić information content (AvgIpc) is 2.67. The van der Waals surface area contributed by atoms with E-state index in [2.05, 4.69) is 15.5 Å². The fourth-order valence-corrected chi connectivity index (χ4v) is 1.53. The number of aryl methyl sites for hydroxylation is 1. The van der Waals surface area contributed by atoms with E-state index in [1.165, 1.54) is 18.5 Å². The molecule has 84 valence electrons. The molecular weight excluding hydrogens is 209 g/mol. The van der Waals surface area contributed by atoms with Crippen LogP contribution >= 0.6 is 0 Å². The first-order chi connectivity index (χ1) is 7.72. The first-order valence-electron chi connectivity index (χ1n) is 4.81. The smallest absolute Gasteiger partial charge is 0.138 e. The Labute approximate surface area is 92.1 Å². The Morgan fingerprint density at radius 3 is 2.94 bits per heavy atom. The van der Waals surface area contributed by atoms with Crippen molar-refractivity contribution in [1.29, 1.82) is 0 Å². The van der Waals surface area contributed by atoms with E-state index in [9.17, 15) is 4.39 Å². The summed E-state index contributed by atoms with van der Waals surface area (Å²) < 4.78 is 14.8. The fourth-order valence-electron chi connectivity index (χ4n) is 1.53. The maximum absolute atomic E-state index is 13.2. The molecule has 2 aromatic rings. The Morgan fingerprint density at radius 2 is 2.31 bits per heavy atom. The third-order valence-electron chi connectivity index (χ3n) is 2.29. The zero-order valence-electron chi connectivity index (χ0n) is 8.81. The van der Waals surface area contributed by atoms with Gasteiger partial charge < -0.3 is 0 Å². The summed E-state index contributed by atoms with van der Waals surface area (Å²) in [5.41, 5.74) is 4.05. The maximum Gasteiger partial charge on any atom is 0.138 e. The molecule has 0 fully saturated rings. The number of halogens is 1. The number of hydrazine groups is 1. The SMILES string of the molecule is Cc1ncnn1-c1cc(F)ccc1CNN. The number of nitrogens with zero attached hydrogens (tertiary/aromatic N) is 3. The van der Waals surface area contributed by atoms with Crippen LogP contribution in [0.4, 0.5) is 4.39 Å². The highest BCUT2D eigenvalue weighted by molar-refractivity contribution is 5.41. The third kappa shape index (κ3) is 1.93. The zero-order chi connectivity index (χ0) is 11.5. The van der Waals surface area contributed by atoms with Gasteiger partial charge in [0.15, 0.2) is 0 Å². The van der Waals surface area contributed by atoms with Crippen molar-refractivity contribution in [2.24, 2.45) is 5.84 Å². The minimum atomic E-state index is -0.314. The van der Waals surface area contributed by atoms with Gasteiger partial charge in [-0.1, -0.05) is 6.07 Å². The molecule has 0 saturated heterocycles. The van der Waals surface area contributed by atoms with E-state index in [0.29, 0.717) is 18.1 Å². The van der Waals surface area contributed by atoms with Gasteiger partial charge >= 0.3 is 0 Å². The molecule has 16 heavy (non-hydrogen) atoms. The van der Waals surface area contributed by atoms with Gasteiger partial charge in [-0.25, -0.2) is 14.1 Å². The molecule has 1 aromatic carbocycles. The molecule has 5 nitrogen and oxygen atoms in total. The number of hydrogen-bond donors (Lipinski definition) is 2. The van der Waals surface area contributed by atoms with E-state index in [-0.39, 0.29) is 5.82 Å². The van der Waals surface area contributed by atoms with Crippen molar-refractivity contribution >= 4 is 0 Å². The molecule has 3 N–H and O–H groups in total. The van der Waals surface area contributed by atoms with Gasteiger partial charge in [-0.3, -0.25) is 11.3 Å². The van der Waals surface area contributed by atoms with Crippen molar-refractivity contribution in [3.05, 3.63) is 41.7 Å². The average molecular weight is 221 g/mol. The molecule has 2 rings (SSSR count). The van der Waals surface area contributed by atoms with Crippen LogP contribution < -0.4 is 11.3 Å². The van der Waals surface area contributed by atoms with Gasteiger partial charge in [0.2, 0.25) is 0 Å². The Bertz CT molecular complexity index is 494. The van der Waals surface area contributed by atoms with E-state index in [4.69, 9.17) is 5.84 Å². The lowest BCUT2D eigenvalue weighted by Crippen LogP contribution is -2.22. The molecule has 0 aliphatic carbocycles. The van der Waals surface area contributed by atoms with Gasteiger partial charge in [0.25, 0.3) is 0 Å². The minimum Gasteiger partial charge on any atom is -0.271 e. The molecule has 0 radical (unpaired) electrons. The van der Waals surface area contributed by atoms with Gasteiger partial charge in [0.05, 0.1) is 5.69 Å². The molecule has 0 saturated carbocycles. The predicted octanol–water partition coefficient (Wildman–Crippen LogP) is 0.678. The third-order valence-corrected chi connectivity index (χ3v) is 2.29. The van der Waals surface area contributed by atoms with Gasteiger partial charge in [0.1, 0.15) is 18.0 Å². The number of nitrogens with two attached hydrogens (primary N) is 1. The second-order valence-electron chi connectivity index (χ2n) is 3.37. The molecule has 1 heterocycles. The van der Waals surface area contributed by atoms with Crippen LogP contribution in [0.5, 0.6) is 0 Å². The lowest BCUT2D eigenvalue weighted by atomic mass is 10.1. The Hall–Kier alpha value is -1.79. The van der Waals surface area contributed by atoms with E-state index in [0.717, 1.165) is 5.56 Å². The fraction of sp³-hybridized carbons (Fsp3) is 0.200. The van der Waals surface area contributed by atoms with Crippen molar-refractivity contribution < 1.29 is 4.39 Å². The first kappa shape index (κ1) is 10.7. The van der Waals surface area contributed by atoms with Crippen LogP contribution in [0.25, 0.3) is 5.69 Å². The van der Waals surface area contributed by atoms with Gasteiger partial charge in [-0.15, -0.1) is 0 Å². The summed E-state index contributed by atoms with van der Waals surface area (Å²) in [4.78, 5) is 4.00. The second-order valence-corrected chi connectivity index (χ2v) is 3.37. The topological polar surface area (TPSA) is 68.8 Å². The molecular formula is C10H12FN5. The van der Waals surface area contributed by atoms with Crippen LogP contribution in [0.2, 0.25) is 0 Å². The number of rotatable bonds is 3. The number of nitrogens with one attached hydrogen (secondary N) is 1. The van der Waals surface area contributed by atoms with Crippen LogP contribution in [-0.2, 0) is 6.54 Å². The van der Waals surface area contributed by atoms with Gasteiger partial charge in [0, 0.05) is 6.54 Å². The summed E-state index contributed by atoms with van der Waals surface area (Å²) in [6.07, 6.45) is 1.43. The predicted molar refractivity (Wildman–Crippen MR) is 57.1 cm³/mol. The molecule has 0 amide bonds. The Balaban J connectivity index is 2.53. The number of aromatic nitrogens is 3. The summed E-state index contributed by atoms with van der Waals surface area (Å²) in [6.45, 7) is 2.24. The molecule has 0 unspecified atom stereocenters. The molecule has 0 spiro atoms. The molecule has 0 atom stereocenters. The van der Waals surface area contributed by atoms with Gasteiger partial charge in [-0.2, -0.15) is 5.10 Å². The summed E-state index contributed by atoms with van der Waals surface area (Å²) in [5, 5.41) is 4.04. The second kappa shape index (κ2) is 4.38. The largest absolute Gasteiger partial charge is 0.271 e. The van der Waals surface area contributed by atoms with Crippen LogP contribution in [0.1, 0.15) is 11.4 Å². The first-order valence-corrected chi connectivity index (χ1v) is 4.81. The van der Waals surface area contributed by atoms with E-state index in [1.807, 2.05) is 0 Å². The summed E-state index contributed by atoms with van der Waals surface area (Å²) in [7, 11) is 0. The quantitative estimate of drug-likeness (QED) is 0.590. The lowest BCUT2D eigenvalue weighted by Gasteiger charge is -2.10. The molecule has 0 bridgehead atoms. The van der Waals surface area contributed by atoms with E-state index < -0.39 is 0 Å².